The third kappa shape index (κ3) is 2.96. The molecular weight excluding hydrogens is 354 g/mol. The summed E-state index contributed by atoms with van der Waals surface area (Å²) < 4.78 is 26.5. The van der Waals surface area contributed by atoms with Crippen molar-refractivity contribution in [3.05, 3.63) is 52.8 Å². The maximum Gasteiger partial charge on any atom is 0.312 e. The van der Waals surface area contributed by atoms with Crippen molar-refractivity contribution in [1.82, 2.24) is 4.57 Å². The Balaban J connectivity index is 2.16. The van der Waals surface area contributed by atoms with Crippen LogP contribution in [0.15, 0.2) is 35.2 Å². The van der Waals surface area contributed by atoms with Crippen LogP contribution in [0.4, 0.5) is 0 Å². The number of benzene rings is 1. The molecule has 0 saturated heterocycles. The van der Waals surface area contributed by atoms with Gasteiger partial charge >= 0.3 is 5.97 Å². The van der Waals surface area contributed by atoms with E-state index in [1.54, 1.807) is 36.6 Å². The van der Waals surface area contributed by atoms with Crippen molar-refractivity contribution in [2.75, 3.05) is 5.75 Å². The lowest BCUT2D eigenvalue weighted by atomic mass is 9.96. The highest BCUT2D eigenvalue weighted by molar-refractivity contribution is 7.91. The average Bonchev–Trinajstić information content (AvgIpc) is 2.96. The summed E-state index contributed by atoms with van der Waals surface area (Å²) in [6.07, 6.45) is 1.19. The molecule has 6 nitrogen and oxygen atoms in total. The minimum Gasteiger partial charge on any atom is -0.481 e. The molecular formula is C19H21NO5S. The smallest absolute Gasteiger partial charge is 0.312 e. The second-order valence-electron chi connectivity index (χ2n) is 6.51. The Labute approximate surface area is 152 Å². The molecule has 1 aliphatic rings. The van der Waals surface area contributed by atoms with E-state index in [1.165, 1.54) is 12.1 Å². The zero-order valence-corrected chi connectivity index (χ0v) is 15.5. The second-order valence-corrected chi connectivity index (χ2v) is 8.76. The molecule has 0 bridgehead atoms. The van der Waals surface area contributed by atoms with Crippen LogP contribution in [0, 0.1) is 6.92 Å². The Morgan fingerprint density at radius 1 is 1.27 bits per heavy atom. The molecule has 0 saturated carbocycles. The van der Waals surface area contributed by atoms with Gasteiger partial charge in [0.25, 0.3) is 0 Å². The van der Waals surface area contributed by atoms with Crippen molar-refractivity contribution in [2.45, 2.75) is 44.0 Å². The van der Waals surface area contributed by atoms with Crippen LogP contribution in [0.3, 0.4) is 0 Å². The van der Waals surface area contributed by atoms with Crippen molar-refractivity contribution >= 4 is 21.6 Å². The van der Waals surface area contributed by atoms with E-state index in [4.69, 9.17) is 0 Å². The zero-order valence-electron chi connectivity index (χ0n) is 14.7. The summed E-state index contributed by atoms with van der Waals surface area (Å²) >= 11 is 0. The fourth-order valence-corrected chi connectivity index (χ4v) is 4.69. The van der Waals surface area contributed by atoms with E-state index >= 15 is 0 Å². The van der Waals surface area contributed by atoms with Gasteiger partial charge in [0.15, 0.2) is 9.84 Å². The van der Waals surface area contributed by atoms with Gasteiger partial charge in [-0.05, 0) is 43.5 Å². The van der Waals surface area contributed by atoms with Crippen LogP contribution in [0.2, 0.25) is 0 Å². The summed E-state index contributed by atoms with van der Waals surface area (Å²) in [6.45, 7) is 3.85. The number of aryl methyl sites for hydroxylation is 1. The van der Waals surface area contributed by atoms with Gasteiger partial charge in [0.1, 0.15) is 0 Å². The molecule has 1 aliphatic heterocycles. The molecule has 1 N–H and O–H groups in total. The van der Waals surface area contributed by atoms with Crippen molar-refractivity contribution in [2.24, 2.45) is 0 Å². The summed E-state index contributed by atoms with van der Waals surface area (Å²) in [5.74, 6) is -2.02. The topological polar surface area (TPSA) is 93.4 Å². The Kier molecular flexibility index (Phi) is 4.75. The number of hydrogen-bond acceptors (Lipinski definition) is 4. The lowest BCUT2D eigenvalue weighted by Crippen LogP contribution is -2.24. The van der Waals surface area contributed by atoms with E-state index in [0.29, 0.717) is 36.3 Å². The molecule has 7 heteroatoms. The molecule has 1 aromatic heterocycles. The zero-order chi connectivity index (χ0) is 19.1. The number of aromatic nitrogens is 1. The number of carbonyl (C=O) groups excluding carboxylic acids is 1. The van der Waals surface area contributed by atoms with Gasteiger partial charge in [-0.15, -0.1) is 0 Å². The van der Waals surface area contributed by atoms with Crippen LogP contribution in [-0.2, 0) is 21.2 Å². The van der Waals surface area contributed by atoms with Gasteiger partial charge in [-0.25, -0.2) is 8.42 Å². The number of sulfone groups is 1. The molecule has 0 spiro atoms. The maximum atomic E-state index is 13.2. The van der Waals surface area contributed by atoms with E-state index in [1.807, 2.05) is 0 Å². The lowest BCUT2D eigenvalue weighted by molar-refractivity contribution is -0.139. The summed E-state index contributed by atoms with van der Waals surface area (Å²) in [6, 6.07) is 7.93. The number of ketones is 1. The van der Waals surface area contributed by atoms with E-state index in [2.05, 4.69) is 0 Å². The molecule has 0 fully saturated rings. The van der Waals surface area contributed by atoms with Gasteiger partial charge < -0.3 is 9.67 Å². The first-order chi connectivity index (χ1) is 12.3. The van der Waals surface area contributed by atoms with Crippen molar-refractivity contribution < 1.29 is 23.1 Å². The summed E-state index contributed by atoms with van der Waals surface area (Å²) in [7, 11) is -3.55. The molecule has 1 atom stereocenters. The molecule has 26 heavy (non-hydrogen) atoms. The molecule has 0 aliphatic carbocycles. The van der Waals surface area contributed by atoms with Crippen LogP contribution in [0.5, 0.6) is 0 Å². The summed E-state index contributed by atoms with van der Waals surface area (Å²) in [5.41, 5.74) is 1.79. The minimum absolute atomic E-state index is 0.0213. The molecule has 1 aromatic carbocycles. The number of aliphatic carboxylic acids is 1. The monoisotopic (exact) mass is 375 g/mol. The SMILES string of the molecule is CCS(=O)(=O)c1ccccc1C(=O)c1c(C)cc2n1CCCC2C(=O)O. The summed E-state index contributed by atoms with van der Waals surface area (Å²) in [4.78, 5) is 24.8. The van der Waals surface area contributed by atoms with Gasteiger partial charge in [-0.2, -0.15) is 0 Å². The van der Waals surface area contributed by atoms with Crippen molar-refractivity contribution in [3.63, 3.8) is 0 Å². The number of carboxylic acids is 1. The van der Waals surface area contributed by atoms with Gasteiger partial charge in [0.05, 0.1) is 22.3 Å². The lowest BCUT2D eigenvalue weighted by Gasteiger charge is -2.23. The normalized spacial score (nSPS) is 16.9. The largest absolute Gasteiger partial charge is 0.481 e. The van der Waals surface area contributed by atoms with Crippen LogP contribution in [0.25, 0.3) is 0 Å². The number of hydrogen-bond donors (Lipinski definition) is 1. The van der Waals surface area contributed by atoms with Crippen LogP contribution >= 0.6 is 0 Å². The maximum absolute atomic E-state index is 13.2. The fourth-order valence-electron chi connectivity index (χ4n) is 3.60. The number of carboxylic acid groups (broad SMARTS) is 1. The van der Waals surface area contributed by atoms with Crippen molar-refractivity contribution in [3.8, 4) is 0 Å². The minimum atomic E-state index is -3.55. The highest BCUT2D eigenvalue weighted by Crippen LogP contribution is 2.33. The number of carbonyl (C=O) groups is 2. The molecule has 3 rings (SSSR count). The molecule has 0 radical (unpaired) electrons. The standard InChI is InChI=1S/C19H21NO5S/c1-3-26(24,25)16-9-5-4-7-14(16)18(21)17-12(2)11-15-13(19(22)23)8-6-10-20(15)17/h4-5,7,9,11,13H,3,6,8,10H2,1-2H3,(H,22,23). The van der Waals surface area contributed by atoms with Gasteiger partial charge in [0, 0.05) is 17.8 Å². The number of fused-ring (bicyclic) bond motifs is 1. The van der Waals surface area contributed by atoms with Gasteiger partial charge in [0.2, 0.25) is 5.78 Å². The molecule has 2 heterocycles. The van der Waals surface area contributed by atoms with Gasteiger partial charge in [-0.1, -0.05) is 19.1 Å². The first-order valence-electron chi connectivity index (χ1n) is 8.57. The molecule has 1 unspecified atom stereocenters. The second kappa shape index (κ2) is 6.72. The first-order valence-corrected chi connectivity index (χ1v) is 10.2. The van der Waals surface area contributed by atoms with Crippen LogP contribution in [0.1, 0.15) is 53.0 Å². The Bertz CT molecular complexity index is 987. The molecule has 0 amide bonds. The van der Waals surface area contributed by atoms with Crippen LogP contribution in [-0.4, -0.2) is 35.6 Å². The van der Waals surface area contributed by atoms with Crippen molar-refractivity contribution in [1.29, 1.82) is 0 Å². The summed E-state index contributed by atoms with van der Waals surface area (Å²) in [5, 5.41) is 9.45. The Hall–Kier alpha value is -2.41. The number of rotatable bonds is 5. The van der Waals surface area contributed by atoms with E-state index < -0.39 is 21.7 Å². The Morgan fingerprint density at radius 3 is 2.62 bits per heavy atom. The number of nitrogens with zero attached hydrogens (tertiary/aromatic N) is 1. The highest BCUT2D eigenvalue weighted by Gasteiger charge is 2.32. The quantitative estimate of drug-likeness (QED) is 0.811. The fraction of sp³-hybridized carbons (Fsp3) is 0.368. The third-order valence-electron chi connectivity index (χ3n) is 4.91. The highest BCUT2D eigenvalue weighted by atomic mass is 32.2. The Morgan fingerprint density at radius 2 is 1.96 bits per heavy atom. The first kappa shape index (κ1) is 18.4. The predicted molar refractivity (Wildman–Crippen MR) is 96.4 cm³/mol. The van der Waals surface area contributed by atoms with Crippen LogP contribution < -0.4 is 0 Å². The molecule has 138 valence electrons. The third-order valence-corrected chi connectivity index (χ3v) is 6.70. The average molecular weight is 375 g/mol. The van der Waals surface area contributed by atoms with E-state index in [-0.39, 0.29) is 22.0 Å². The van der Waals surface area contributed by atoms with E-state index in [9.17, 15) is 23.1 Å². The van der Waals surface area contributed by atoms with E-state index in [0.717, 1.165) is 0 Å². The predicted octanol–water partition coefficient (Wildman–Crippen LogP) is 2.78. The molecule has 2 aromatic rings. The van der Waals surface area contributed by atoms with Gasteiger partial charge in [-0.3, -0.25) is 9.59 Å².